The van der Waals surface area contributed by atoms with Gasteiger partial charge in [0.05, 0.1) is 1.93 Å². The number of alkyl halides is 2. The Kier molecular flexibility index (Phi) is 8.95. The highest BCUT2D eigenvalue weighted by Gasteiger charge is 1.94. The van der Waals surface area contributed by atoms with Crippen LogP contribution in [0.15, 0.2) is 0 Å². The SMILES string of the molecule is CC#CCCCCC(I)I. The van der Waals surface area contributed by atoms with Crippen molar-refractivity contribution in [3.63, 3.8) is 0 Å². The fraction of sp³-hybridized carbons (Fsp3) is 0.750. The van der Waals surface area contributed by atoms with Crippen molar-refractivity contribution < 1.29 is 0 Å². The van der Waals surface area contributed by atoms with Crippen molar-refractivity contribution in [1.82, 2.24) is 0 Å². The maximum atomic E-state index is 3.07. The van der Waals surface area contributed by atoms with E-state index < -0.39 is 0 Å². The number of unbranched alkanes of at least 4 members (excludes halogenated alkanes) is 2. The molecule has 2 heteroatoms. The molecule has 0 heterocycles. The molecule has 0 nitrogen and oxygen atoms in total. The van der Waals surface area contributed by atoms with Crippen molar-refractivity contribution in [2.75, 3.05) is 0 Å². The zero-order valence-corrected chi connectivity index (χ0v) is 10.5. The maximum absolute atomic E-state index is 3.07. The van der Waals surface area contributed by atoms with Crippen molar-refractivity contribution in [3.05, 3.63) is 0 Å². The fourth-order valence-corrected chi connectivity index (χ4v) is 1.52. The molecule has 0 aromatic carbocycles. The van der Waals surface area contributed by atoms with Crippen LogP contribution >= 0.6 is 45.2 Å². The van der Waals surface area contributed by atoms with Crippen molar-refractivity contribution in [1.29, 1.82) is 0 Å². The molecule has 0 aliphatic heterocycles. The van der Waals surface area contributed by atoms with Crippen LogP contribution in [0.25, 0.3) is 0 Å². The summed E-state index contributed by atoms with van der Waals surface area (Å²) < 4.78 is 0.796. The molecular formula is C8H12I2. The Balaban J connectivity index is 2.96. The molecule has 0 radical (unpaired) electrons. The van der Waals surface area contributed by atoms with E-state index in [1.54, 1.807) is 0 Å². The second-order valence-corrected chi connectivity index (χ2v) is 7.45. The highest BCUT2D eigenvalue weighted by atomic mass is 127. The first-order chi connectivity index (χ1) is 4.77. The van der Waals surface area contributed by atoms with E-state index in [2.05, 4.69) is 57.0 Å². The molecule has 0 N–H and O–H groups in total. The van der Waals surface area contributed by atoms with Gasteiger partial charge in [-0.25, -0.2) is 0 Å². The number of rotatable bonds is 4. The van der Waals surface area contributed by atoms with Gasteiger partial charge in [-0.15, -0.1) is 11.8 Å². The standard InChI is InChI=1S/C8H12I2/c1-2-3-4-5-6-7-8(9)10/h8H,4-7H2,1H3. The zero-order valence-electron chi connectivity index (χ0n) is 6.16. The van der Waals surface area contributed by atoms with Gasteiger partial charge in [-0.2, -0.15) is 0 Å². The van der Waals surface area contributed by atoms with Crippen LogP contribution in [0.4, 0.5) is 0 Å². The van der Waals surface area contributed by atoms with E-state index >= 15 is 0 Å². The summed E-state index contributed by atoms with van der Waals surface area (Å²) in [5, 5.41) is 0. The molecule has 10 heavy (non-hydrogen) atoms. The van der Waals surface area contributed by atoms with Gasteiger partial charge in [0.2, 0.25) is 0 Å². The summed E-state index contributed by atoms with van der Waals surface area (Å²) in [4.78, 5) is 0. The molecule has 0 saturated carbocycles. The van der Waals surface area contributed by atoms with Gasteiger partial charge in [-0.1, -0.05) is 51.6 Å². The van der Waals surface area contributed by atoms with E-state index in [-0.39, 0.29) is 0 Å². The van der Waals surface area contributed by atoms with Crippen molar-refractivity contribution in [2.45, 2.75) is 34.5 Å². The number of hydrogen-bond acceptors (Lipinski definition) is 0. The second-order valence-electron chi connectivity index (χ2n) is 2.06. The molecule has 0 aromatic heterocycles. The minimum atomic E-state index is 0.796. The molecule has 0 bridgehead atoms. The molecular weight excluding hydrogens is 350 g/mol. The van der Waals surface area contributed by atoms with Crippen molar-refractivity contribution in [2.24, 2.45) is 0 Å². The lowest BCUT2D eigenvalue weighted by atomic mass is 10.2. The number of hydrogen-bond donors (Lipinski definition) is 0. The lowest BCUT2D eigenvalue weighted by Crippen LogP contribution is -1.83. The normalized spacial score (nSPS) is 9.20. The molecule has 0 aliphatic rings. The first kappa shape index (κ1) is 11.0. The molecule has 0 saturated heterocycles. The molecule has 0 aromatic rings. The summed E-state index contributed by atoms with van der Waals surface area (Å²) in [6, 6.07) is 0. The van der Waals surface area contributed by atoms with Gasteiger partial charge >= 0.3 is 0 Å². The van der Waals surface area contributed by atoms with E-state index in [0.29, 0.717) is 0 Å². The summed E-state index contributed by atoms with van der Waals surface area (Å²) >= 11 is 4.91. The van der Waals surface area contributed by atoms with E-state index in [1.165, 1.54) is 19.3 Å². The van der Waals surface area contributed by atoms with Crippen molar-refractivity contribution >= 4 is 45.2 Å². The molecule has 0 unspecified atom stereocenters. The van der Waals surface area contributed by atoms with Gasteiger partial charge in [0.1, 0.15) is 0 Å². The molecule has 0 fully saturated rings. The third kappa shape index (κ3) is 9.02. The molecule has 58 valence electrons. The predicted octanol–water partition coefficient (Wildman–Crippen LogP) is 3.77. The highest BCUT2D eigenvalue weighted by Crippen LogP contribution is 2.17. The van der Waals surface area contributed by atoms with Gasteiger partial charge in [0.15, 0.2) is 0 Å². The fourth-order valence-electron chi connectivity index (χ4n) is 0.637. The first-order valence-electron chi connectivity index (χ1n) is 3.45. The van der Waals surface area contributed by atoms with Gasteiger partial charge in [0.25, 0.3) is 0 Å². The molecule has 0 rings (SSSR count). The lowest BCUT2D eigenvalue weighted by Gasteiger charge is -1.97. The van der Waals surface area contributed by atoms with Gasteiger partial charge in [0, 0.05) is 6.42 Å². The summed E-state index contributed by atoms with van der Waals surface area (Å²) in [6.07, 6.45) is 5.00. The van der Waals surface area contributed by atoms with Crippen LogP contribution in [0, 0.1) is 11.8 Å². The van der Waals surface area contributed by atoms with E-state index in [4.69, 9.17) is 0 Å². The monoisotopic (exact) mass is 362 g/mol. The zero-order chi connectivity index (χ0) is 7.82. The van der Waals surface area contributed by atoms with Crippen LogP contribution < -0.4 is 0 Å². The highest BCUT2D eigenvalue weighted by molar-refractivity contribution is 14.2. The van der Waals surface area contributed by atoms with Crippen LogP contribution in [0.5, 0.6) is 0 Å². The van der Waals surface area contributed by atoms with Gasteiger partial charge in [-0.3, -0.25) is 0 Å². The van der Waals surface area contributed by atoms with Gasteiger partial charge < -0.3 is 0 Å². The smallest absolute Gasteiger partial charge is 0.0626 e. The van der Waals surface area contributed by atoms with Crippen LogP contribution in [0.3, 0.4) is 0 Å². The van der Waals surface area contributed by atoms with Crippen LogP contribution in [0.2, 0.25) is 0 Å². The van der Waals surface area contributed by atoms with Crippen molar-refractivity contribution in [3.8, 4) is 11.8 Å². The van der Waals surface area contributed by atoms with E-state index in [0.717, 1.165) is 8.35 Å². The molecule has 0 amide bonds. The average molecular weight is 362 g/mol. The summed E-state index contributed by atoms with van der Waals surface area (Å²) in [5.41, 5.74) is 0. The number of halogens is 2. The Morgan fingerprint density at radius 1 is 1.30 bits per heavy atom. The first-order valence-corrected chi connectivity index (χ1v) is 5.94. The molecule has 0 atom stereocenters. The van der Waals surface area contributed by atoms with Gasteiger partial charge in [-0.05, 0) is 19.8 Å². The Hall–Kier alpha value is 1.02. The third-order valence-electron chi connectivity index (χ3n) is 1.15. The minimum absolute atomic E-state index is 0.796. The average Bonchev–Trinajstić information content (AvgIpc) is 1.87. The minimum Gasteiger partial charge on any atom is -0.107 e. The lowest BCUT2D eigenvalue weighted by molar-refractivity contribution is 0.742. The topological polar surface area (TPSA) is 0 Å². The summed E-state index contributed by atoms with van der Waals surface area (Å²) in [7, 11) is 0. The largest absolute Gasteiger partial charge is 0.107 e. The van der Waals surface area contributed by atoms with E-state index in [9.17, 15) is 0 Å². The van der Waals surface area contributed by atoms with Crippen LogP contribution in [-0.2, 0) is 0 Å². The predicted molar refractivity (Wildman–Crippen MR) is 63.7 cm³/mol. The van der Waals surface area contributed by atoms with Crippen LogP contribution in [0.1, 0.15) is 32.6 Å². The molecule has 0 aliphatic carbocycles. The summed E-state index contributed by atoms with van der Waals surface area (Å²) in [6.45, 7) is 1.90. The Bertz CT molecular complexity index is 119. The quantitative estimate of drug-likeness (QED) is 0.309. The molecule has 0 spiro atoms. The Labute approximate surface area is 90.8 Å². The third-order valence-corrected chi connectivity index (χ3v) is 2.40. The Morgan fingerprint density at radius 2 is 2.00 bits per heavy atom. The second kappa shape index (κ2) is 8.12. The van der Waals surface area contributed by atoms with Crippen LogP contribution in [-0.4, -0.2) is 1.93 Å². The summed E-state index contributed by atoms with van der Waals surface area (Å²) in [5.74, 6) is 5.97. The maximum Gasteiger partial charge on any atom is 0.0626 e. The van der Waals surface area contributed by atoms with E-state index in [1.807, 2.05) is 6.92 Å². The Morgan fingerprint density at radius 3 is 2.50 bits per heavy atom.